The van der Waals surface area contributed by atoms with Crippen molar-refractivity contribution in [2.75, 3.05) is 31.6 Å². The molecule has 200 valence electrons. The van der Waals surface area contributed by atoms with E-state index < -0.39 is 34.7 Å². The molecule has 0 aromatic heterocycles. The largest absolute Gasteiger partial charge is 0.416 e. The third-order valence-corrected chi connectivity index (χ3v) is 7.97. The first-order valence-corrected chi connectivity index (χ1v) is 12.8. The molecule has 2 amide bonds. The number of alkyl halides is 3. The zero-order valence-corrected chi connectivity index (χ0v) is 22.1. The molecule has 0 spiro atoms. The van der Waals surface area contributed by atoms with E-state index in [0.717, 1.165) is 25.9 Å². The summed E-state index contributed by atoms with van der Waals surface area (Å²) in [4.78, 5) is 29.7. The van der Waals surface area contributed by atoms with Gasteiger partial charge in [0.25, 0.3) is 11.8 Å². The first-order chi connectivity index (χ1) is 17.4. The molecule has 1 heterocycles. The Bertz CT molecular complexity index is 1230. The number of aliphatic hydroxyl groups is 1. The number of amides is 2. The summed E-state index contributed by atoms with van der Waals surface area (Å²) in [6, 6.07) is 6.07. The lowest BCUT2D eigenvalue weighted by atomic mass is 9.78. The van der Waals surface area contributed by atoms with Crippen LogP contribution in [0.25, 0.3) is 0 Å². The zero-order valence-electron chi connectivity index (χ0n) is 20.6. The minimum absolute atomic E-state index is 0.0171. The van der Waals surface area contributed by atoms with Crippen LogP contribution in [0.4, 0.5) is 18.9 Å². The van der Waals surface area contributed by atoms with Gasteiger partial charge in [0, 0.05) is 46.4 Å². The zero-order chi connectivity index (χ0) is 27.3. The maximum Gasteiger partial charge on any atom is 0.416 e. The van der Waals surface area contributed by atoms with Gasteiger partial charge in [-0.05, 0) is 56.1 Å². The highest BCUT2D eigenvalue weighted by Crippen LogP contribution is 2.52. The van der Waals surface area contributed by atoms with Crippen molar-refractivity contribution in [1.82, 2.24) is 10.2 Å². The van der Waals surface area contributed by atoms with Crippen molar-refractivity contribution in [2.24, 2.45) is 5.92 Å². The molecule has 2 aromatic rings. The van der Waals surface area contributed by atoms with E-state index in [1.165, 1.54) is 36.2 Å². The summed E-state index contributed by atoms with van der Waals surface area (Å²) in [6.45, 7) is 5.97. The van der Waals surface area contributed by atoms with Gasteiger partial charge in [-0.15, -0.1) is 0 Å². The van der Waals surface area contributed by atoms with Gasteiger partial charge in [-0.1, -0.05) is 43.1 Å². The van der Waals surface area contributed by atoms with Gasteiger partial charge in [-0.3, -0.25) is 9.59 Å². The average Bonchev–Trinajstić information content (AvgIpc) is 3.03. The first-order valence-electron chi connectivity index (χ1n) is 12.1. The fraction of sp³-hybridized carbons (Fsp3) is 0.462. The molecule has 0 bridgehead atoms. The van der Waals surface area contributed by atoms with Gasteiger partial charge >= 0.3 is 6.18 Å². The van der Waals surface area contributed by atoms with Crippen molar-refractivity contribution < 1.29 is 27.9 Å². The van der Waals surface area contributed by atoms with Gasteiger partial charge in [0.2, 0.25) is 0 Å². The van der Waals surface area contributed by atoms with Crippen LogP contribution in [0.5, 0.6) is 0 Å². The number of halogens is 5. The lowest BCUT2D eigenvalue weighted by Crippen LogP contribution is -2.50. The monoisotopic (exact) mass is 557 g/mol. The maximum atomic E-state index is 14.4. The third kappa shape index (κ3) is 4.71. The van der Waals surface area contributed by atoms with Gasteiger partial charge in [0.1, 0.15) is 0 Å². The number of carbonyl (C=O) groups is 2. The third-order valence-electron chi connectivity index (χ3n) is 7.42. The van der Waals surface area contributed by atoms with Crippen LogP contribution in [0.3, 0.4) is 0 Å². The molecule has 1 saturated carbocycles. The Morgan fingerprint density at radius 3 is 2.38 bits per heavy atom. The second-order valence-corrected chi connectivity index (χ2v) is 10.3. The number of nitrogens with zero attached hydrogens (tertiary/aromatic N) is 2. The molecule has 1 atom stereocenters. The summed E-state index contributed by atoms with van der Waals surface area (Å²) < 4.78 is 43.2. The van der Waals surface area contributed by atoms with Crippen LogP contribution in [0, 0.1) is 5.92 Å². The van der Waals surface area contributed by atoms with Crippen molar-refractivity contribution >= 4 is 40.7 Å². The molecule has 2 aromatic carbocycles. The number of anilines is 1. The molecule has 11 heteroatoms. The number of rotatable bonds is 7. The molecular formula is C26H28Cl2F3N3O3. The van der Waals surface area contributed by atoms with E-state index in [1.54, 1.807) is 0 Å². The Morgan fingerprint density at radius 2 is 1.84 bits per heavy atom. The molecule has 6 nitrogen and oxygen atoms in total. The maximum absolute atomic E-state index is 14.4. The smallest absolute Gasteiger partial charge is 0.372 e. The lowest BCUT2D eigenvalue weighted by Gasteiger charge is -2.43. The highest BCUT2D eigenvalue weighted by molar-refractivity contribution is 6.35. The molecule has 1 unspecified atom stereocenters. The highest BCUT2D eigenvalue weighted by Gasteiger charge is 2.57. The quantitative estimate of drug-likeness (QED) is 0.498. The van der Waals surface area contributed by atoms with E-state index in [2.05, 4.69) is 24.1 Å². The van der Waals surface area contributed by atoms with Gasteiger partial charge < -0.3 is 20.2 Å². The molecule has 1 fully saturated rings. The number of hydrogen-bond acceptors (Lipinski definition) is 4. The second-order valence-electron chi connectivity index (χ2n) is 9.46. The molecule has 4 rings (SSSR count). The van der Waals surface area contributed by atoms with Gasteiger partial charge in [-0.25, -0.2) is 0 Å². The summed E-state index contributed by atoms with van der Waals surface area (Å²) in [6.07, 6.45) is -3.44. The van der Waals surface area contributed by atoms with Crippen LogP contribution in [0.1, 0.15) is 53.7 Å². The van der Waals surface area contributed by atoms with Crippen LogP contribution < -0.4 is 10.2 Å². The average molecular weight is 558 g/mol. The number of nitrogens with one attached hydrogen (secondary N) is 1. The van der Waals surface area contributed by atoms with Crippen molar-refractivity contribution in [3.63, 3.8) is 0 Å². The van der Waals surface area contributed by atoms with Crippen LogP contribution in [-0.4, -0.2) is 54.5 Å². The molecule has 37 heavy (non-hydrogen) atoms. The first kappa shape index (κ1) is 27.7. The fourth-order valence-electron chi connectivity index (χ4n) is 5.49. The number of benzene rings is 2. The highest BCUT2D eigenvalue weighted by atomic mass is 35.5. The molecule has 1 aliphatic carbocycles. The minimum atomic E-state index is -4.97. The molecule has 0 radical (unpaired) electrons. The van der Waals surface area contributed by atoms with Crippen molar-refractivity contribution in [3.05, 3.63) is 62.6 Å². The van der Waals surface area contributed by atoms with E-state index in [-0.39, 0.29) is 39.3 Å². The fourth-order valence-corrected chi connectivity index (χ4v) is 6.04. The van der Waals surface area contributed by atoms with E-state index in [0.29, 0.717) is 12.1 Å². The molecule has 2 N–H and O–H groups in total. The Labute approximate surface area is 223 Å². The Morgan fingerprint density at radius 1 is 1.19 bits per heavy atom. The van der Waals surface area contributed by atoms with E-state index in [1.807, 2.05) is 0 Å². The van der Waals surface area contributed by atoms with Crippen molar-refractivity contribution in [3.8, 4) is 0 Å². The molecule has 2 aliphatic rings. The molecule has 1 aliphatic heterocycles. The lowest BCUT2D eigenvalue weighted by molar-refractivity contribution is -0.142. The summed E-state index contributed by atoms with van der Waals surface area (Å²) in [5.74, 6) is -1.67. The number of carbonyl (C=O) groups excluding carboxylic acids is 2. The van der Waals surface area contributed by atoms with E-state index >= 15 is 0 Å². The Kier molecular flexibility index (Phi) is 7.56. The van der Waals surface area contributed by atoms with Crippen molar-refractivity contribution in [1.29, 1.82) is 0 Å². The van der Waals surface area contributed by atoms with Crippen LogP contribution in [0.2, 0.25) is 10.0 Å². The second kappa shape index (κ2) is 10.1. The van der Waals surface area contributed by atoms with Crippen molar-refractivity contribution in [2.45, 2.75) is 44.5 Å². The van der Waals surface area contributed by atoms with Crippen LogP contribution in [-0.2, 0) is 16.6 Å². The minimum Gasteiger partial charge on any atom is -0.372 e. The van der Waals surface area contributed by atoms with E-state index in [4.69, 9.17) is 23.2 Å². The van der Waals surface area contributed by atoms with Gasteiger partial charge in [-0.2, -0.15) is 13.2 Å². The predicted octanol–water partition coefficient (Wildman–Crippen LogP) is 5.07. The van der Waals surface area contributed by atoms with Gasteiger partial charge in [0.15, 0.2) is 5.60 Å². The summed E-state index contributed by atoms with van der Waals surface area (Å²) >= 11 is 12.3. The van der Waals surface area contributed by atoms with E-state index in [9.17, 15) is 27.9 Å². The predicted molar refractivity (Wildman–Crippen MR) is 136 cm³/mol. The Balaban J connectivity index is 1.87. The molecular weight excluding hydrogens is 530 g/mol. The SMILES string of the molecule is CCN(CC)[C@H]1C[C@H](CN2C(=O)C(O)(c3ccc(Cl)cc3Cl)c3c2cc(C(=O)NC)cc3C(F)(F)F)C1. The van der Waals surface area contributed by atoms with Gasteiger partial charge in [0.05, 0.1) is 11.3 Å². The molecule has 0 saturated heterocycles. The topological polar surface area (TPSA) is 72.9 Å². The Hall–Kier alpha value is -2.33. The summed E-state index contributed by atoms with van der Waals surface area (Å²) in [5.41, 5.74) is -5.26. The number of hydrogen-bond donors (Lipinski definition) is 2. The normalized spacial score (nSPS) is 23.3. The summed E-state index contributed by atoms with van der Waals surface area (Å²) in [7, 11) is 1.30. The van der Waals surface area contributed by atoms with Crippen LogP contribution >= 0.6 is 23.2 Å². The standard InChI is InChI=1S/C26H28Cl2F3N3O3/c1-4-33(5-2)17-8-14(9-17)13-34-21-11-15(23(35)32-3)10-19(26(29,30)31)22(21)25(37,24(34)36)18-7-6-16(27)12-20(18)28/h6-7,10-12,14,17,37H,4-5,8-9,13H2,1-3H3,(H,32,35)/t14-,17-,25?. The van der Waals surface area contributed by atoms with Crippen LogP contribution in [0.15, 0.2) is 30.3 Å². The number of fused-ring (bicyclic) bond motifs is 1. The summed E-state index contributed by atoms with van der Waals surface area (Å²) in [5, 5.41) is 14.2.